The SMILES string of the molecule is C=C(CN1CCCCC1)NC(/C=C\C)NCC1CCC(Cc2cc(N3CCCCC3)cc3c2N(C)CC=N3)CC1. The molecule has 0 amide bonds. The third-order valence-corrected chi connectivity index (χ3v) is 9.55. The summed E-state index contributed by atoms with van der Waals surface area (Å²) in [5, 5.41) is 7.47. The summed E-state index contributed by atoms with van der Waals surface area (Å²) in [6.45, 7) is 14.2. The van der Waals surface area contributed by atoms with Gasteiger partial charge in [0, 0.05) is 50.8 Å². The van der Waals surface area contributed by atoms with Gasteiger partial charge in [-0.15, -0.1) is 0 Å². The van der Waals surface area contributed by atoms with Crippen LogP contribution in [0.2, 0.25) is 0 Å². The lowest BCUT2D eigenvalue weighted by Crippen LogP contribution is -2.45. The summed E-state index contributed by atoms with van der Waals surface area (Å²) in [5.41, 5.74) is 6.59. The summed E-state index contributed by atoms with van der Waals surface area (Å²) in [4.78, 5) is 12.4. The molecule has 0 aromatic heterocycles. The van der Waals surface area contributed by atoms with Gasteiger partial charge in [0.05, 0.1) is 24.1 Å². The van der Waals surface area contributed by atoms with E-state index in [1.165, 1.54) is 119 Å². The van der Waals surface area contributed by atoms with Crippen molar-refractivity contribution in [2.45, 2.75) is 83.7 Å². The van der Waals surface area contributed by atoms with Crippen molar-refractivity contribution < 1.29 is 0 Å². The van der Waals surface area contributed by atoms with E-state index in [9.17, 15) is 0 Å². The molecule has 0 spiro atoms. The van der Waals surface area contributed by atoms with Crippen molar-refractivity contribution in [1.29, 1.82) is 0 Å². The second kappa shape index (κ2) is 14.5. The van der Waals surface area contributed by atoms with Crippen molar-refractivity contribution >= 4 is 23.3 Å². The Bertz CT molecular complexity index is 1010. The fraction of sp³-hybridized carbons (Fsp3) is 0.676. The van der Waals surface area contributed by atoms with E-state index in [4.69, 9.17) is 4.99 Å². The number of rotatable bonds is 11. The van der Waals surface area contributed by atoms with Crippen LogP contribution in [-0.4, -0.2) is 70.1 Å². The lowest BCUT2D eigenvalue weighted by molar-refractivity contribution is 0.239. The molecule has 6 heteroatoms. The molecule has 1 aromatic rings. The van der Waals surface area contributed by atoms with Gasteiger partial charge < -0.3 is 15.1 Å². The zero-order valence-electron chi connectivity index (χ0n) is 25.3. The first-order chi connectivity index (χ1) is 19.6. The lowest BCUT2D eigenvalue weighted by Gasteiger charge is -2.34. The molecular weight excluding hydrogens is 492 g/mol. The van der Waals surface area contributed by atoms with Crippen LogP contribution in [0, 0.1) is 11.8 Å². The molecule has 1 aromatic carbocycles. The van der Waals surface area contributed by atoms with Gasteiger partial charge in [0.25, 0.3) is 0 Å². The number of nitrogens with one attached hydrogen (secondary N) is 2. The number of allylic oxidation sites excluding steroid dienone is 1. The molecule has 1 atom stereocenters. The van der Waals surface area contributed by atoms with Gasteiger partial charge in [-0.25, -0.2) is 0 Å². The van der Waals surface area contributed by atoms with Crippen molar-refractivity contribution in [1.82, 2.24) is 15.5 Å². The van der Waals surface area contributed by atoms with E-state index < -0.39 is 0 Å². The van der Waals surface area contributed by atoms with E-state index in [1.54, 1.807) is 0 Å². The van der Waals surface area contributed by atoms with Crippen LogP contribution >= 0.6 is 0 Å². The molecule has 220 valence electrons. The normalized spacial score (nSPS) is 24.8. The molecule has 0 bridgehead atoms. The Morgan fingerprint density at radius 1 is 1.00 bits per heavy atom. The van der Waals surface area contributed by atoms with Crippen molar-refractivity contribution in [2.24, 2.45) is 16.8 Å². The molecule has 1 unspecified atom stereocenters. The van der Waals surface area contributed by atoms with Gasteiger partial charge in [-0.3, -0.25) is 15.2 Å². The number of hydrogen-bond donors (Lipinski definition) is 2. The number of benzene rings is 1. The van der Waals surface area contributed by atoms with E-state index in [-0.39, 0.29) is 6.17 Å². The fourth-order valence-corrected chi connectivity index (χ4v) is 7.30. The highest BCUT2D eigenvalue weighted by atomic mass is 15.2. The zero-order valence-corrected chi connectivity index (χ0v) is 25.3. The van der Waals surface area contributed by atoms with Gasteiger partial charge in [-0.1, -0.05) is 25.2 Å². The first-order valence-corrected chi connectivity index (χ1v) is 16.3. The standard InChI is InChI=1S/C34H54N6/c1-4-11-33(37-27(2)26-39-17-7-5-8-18-39)36-25-29-14-12-28(13-15-29)22-30-23-31(40-19-9-6-10-20-40)24-32-34(30)38(3)21-16-35-32/h4,11,16,23-24,28-29,33,36-37H,2,5-10,12-15,17-22,25-26H2,1,3H3/b11-4-. The Hall–Kier alpha value is -2.31. The number of anilines is 2. The highest BCUT2D eigenvalue weighted by molar-refractivity contribution is 5.86. The largest absolute Gasteiger partial charge is 0.371 e. The molecule has 3 heterocycles. The Balaban J connectivity index is 1.13. The number of piperidine rings is 2. The van der Waals surface area contributed by atoms with Gasteiger partial charge >= 0.3 is 0 Å². The van der Waals surface area contributed by atoms with Crippen LogP contribution in [0.4, 0.5) is 17.1 Å². The van der Waals surface area contributed by atoms with Gasteiger partial charge in [0.15, 0.2) is 0 Å². The molecule has 1 aliphatic carbocycles. The highest BCUT2D eigenvalue weighted by Crippen LogP contribution is 2.41. The van der Waals surface area contributed by atoms with Gasteiger partial charge in [-0.2, -0.15) is 0 Å². The van der Waals surface area contributed by atoms with Crippen LogP contribution < -0.4 is 20.4 Å². The average molecular weight is 547 g/mol. The third kappa shape index (κ3) is 7.91. The maximum atomic E-state index is 4.85. The molecular formula is C34H54N6. The van der Waals surface area contributed by atoms with Gasteiger partial charge in [-0.05, 0) is 114 Å². The zero-order chi connectivity index (χ0) is 27.7. The number of nitrogens with zero attached hydrogens (tertiary/aromatic N) is 4. The molecule has 0 radical (unpaired) electrons. The average Bonchev–Trinajstić information content (AvgIpc) is 2.97. The van der Waals surface area contributed by atoms with Crippen LogP contribution in [0.3, 0.4) is 0 Å². The highest BCUT2D eigenvalue weighted by Gasteiger charge is 2.26. The quantitative estimate of drug-likeness (QED) is 0.253. The Morgan fingerprint density at radius 3 is 2.42 bits per heavy atom. The van der Waals surface area contributed by atoms with Crippen molar-refractivity contribution in [2.75, 3.05) is 62.7 Å². The van der Waals surface area contributed by atoms with E-state index in [2.05, 4.69) is 76.4 Å². The lowest BCUT2D eigenvalue weighted by atomic mass is 9.78. The van der Waals surface area contributed by atoms with Crippen molar-refractivity contribution in [3.05, 3.63) is 42.1 Å². The van der Waals surface area contributed by atoms with E-state index in [0.717, 1.165) is 37.2 Å². The van der Waals surface area contributed by atoms with Crippen LogP contribution in [0.25, 0.3) is 0 Å². The molecule has 2 saturated heterocycles. The van der Waals surface area contributed by atoms with Gasteiger partial charge in [0.2, 0.25) is 0 Å². The molecule has 1 saturated carbocycles. The predicted molar refractivity (Wildman–Crippen MR) is 172 cm³/mol. The summed E-state index contributed by atoms with van der Waals surface area (Å²) in [6, 6.07) is 4.86. The number of hydrogen-bond acceptors (Lipinski definition) is 6. The topological polar surface area (TPSA) is 46.1 Å². The second-order valence-electron chi connectivity index (χ2n) is 12.8. The Labute approximate surface area is 244 Å². The summed E-state index contributed by atoms with van der Waals surface area (Å²) < 4.78 is 0. The Morgan fingerprint density at radius 2 is 1.70 bits per heavy atom. The number of aliphatic imine (C=N–C) groups is 1. The van der Waals surface area contributed by atoms with Crippen LogP contribution in [0.5, 0.6) is 0 Å². The maximum absolute atomic E-state index is 4.85. The van der Waals surface area contributed by atoms with E-state index >= 15 is 0 Å². The van der Waals surface area contributed by atoms with Gasteiger partial charge in [0.1, 0.15) is 0 Å². The second-order valence-corrected chi connectivity index (χ2v) is 12.8. The smallest absolute Gasteiger partial charge is 0.0958 e. The minimum atomic E-state index is 0.167. The summed E-state index contributed by atoms with van der Waals surface area (Å²) in [6.07, 6.45) is 21.1. The number of fused-ring (bicyclic) bond motifs is 1. The summed E-state index contributed by atoms with van der Waals surface area (Å²) in [7, 11) is 2.23. The summed E-state index contributed by atoms with van der Waals surface area (Å²) >= 11 is 0. The van der Waals surface area contributed by atoms with Crippen LogP contribution in [0.15, 0.2) is 41.6 Å². The van der Waals surface area contributed by atoms with Crippen molar-refractivity contribution in [3.63, 3.8) is 0 Å². The van der Waals surface area contributed by atoms with E-state index in [0.29, 0.717) is 0 Å². The molecule has 3 fully saturated rings. The minimum absolute atomic E-state index is 0.167. The fourth-order valence-electron chi connectivity index (χ4n) is 7.30. The molecule has 6 nitrogen and oxygen atoms in total. The third-order valence-electron chi connectivity index (χ3n) is 9.55. The first kappa shape index (κ1) is 29.2. The molecule has 2 N–H and O–H groups in total. The molecule has 3 aliphatic heterocycles. The van der Waals surface area contributed by atoms with E-state index in [1.807, 2.05) is 0 Å². The van der Waals surface area contributed by atoms with Crippen molar-refractivity contribution in [3.8, 4) is 0 Å². The number of likely N-dealkylation sites (tertiary alicyclic amines) is 1. The maximum Gasteiger partial charge on any atom is 0.0958 e. The van der Waals surface area contributed by atoms with Crippen LogP contribution in [0.1, 0.15) is 76.7 Å². The predicted octanol–water partition coefficient (Wildman–Crippen LogP) is 6.26. The summed E-state index contributed by atoms with van der Waals surface area (Å²) in [5.74, 6) is 1.52. The van der Waals surface area contributed by atoms with Crippen LogP contribution in [-0.2, 0) is 6.42 Å². The Kier molecular flexibility index (Phi) is 10.6. The monoisotopic (exact) mass is 546 g/mol. The minimum Gasteiger partial charge on any atom is -0.371 e. The first-order valence-electron chi connectivity index (χ1n) is 16.3. The molecule has 4 aliphatic rings. The molecule has 5 rings (SSSR count). The molecule has 40 heavy (non-hydrogen) atoms.